The average molecular weight is 351 g/mol. The number of anilines is 2. The Balaban J connectivity index is 1.51. The van der Waals surface area contributed by atoms with Gasteiger partial charge < -0.3 is 10.2 Å². The molecule has 1 aromatic carbocycles. The number of benzene rings is 1. The Morgan fingerprint density at radius 1 is 1.27 bits per heavy atom. The number of nitrogens with one attached hydrogen (secondary N) is 1. The van der Waals surface area contributed by atoms with Crippen LogP contribution in [0, 0.1) is 24.1 Å². The first kappa shape index (κ1) is 16.3. The van der Waals surface area contributed by atoms with E-state index in [9.17, 15) is 4.39 Å². The Morgan fingerprint density at radius 3 is 2.96 bits per heavy atom. The number of halogens is 1. The van der Waals surface area contributed by atoms with Crippen LogP contribution in [0.1, 0.15) is 24.2 Å². The van der Waals surface area contributed by atoms with E-state index in [1.54, 1.807) is 16.6 Å². The summed E-state index contributed by atoms with van der Waals surface area (Å²) in [7, 11) is 0. The summed E-state index contributed by atoms with van der Waals surface area (Å²) < 4.78 is 16.0. The van der Waals surface area contributed by atoms with Crippen LogP contribution >= 0.6 is 0 Å². The Labute approximate surface area is 150 Å². The van der Waals surface area contributed by atoms with Crippen LogP contribution in [0.15, 0.2) is 30.3 Å². The first-order valence-corrected chi connectivity index (χ1v) is 8.54. The fraction of sp³-hybridized carbons (Fsp3) is 0.333. The number of aromatic nitrogens is 4. The second-order valence-electron chi connectivity index (χ2n) is 6.44. The molecule has 0 radical (unpaired) electrons. The molecule has 2 aromatic heterocycles. The molecule has 3 heterocycles. The van der Waals surface area contributed by atoms with E-state index in [4.69, 9.17) is 5.26 Å². The van der Waals surface area contributed by atoms with Gasteiger partial charge in [-0.25, -0.2) is 4.39 Å². The molecular formula is C18H18FN7. The van der Waals surface area contributed by atoms with Crippen LogP contribution in [0.3, 0.4) is 0 Å². The van der Waals surface area contributed by atoms with E-state index >= 15 is 0 Å². The number of rotatable bonds is 3. The highest BCUT2D eigenvalue weighted by atomic mass is 19.1. The maximum absolute atomic E-state index is 14.3. The third-order valence-corrected chi connectivity index (χ3v) is 4.61. The van der Waals surface area contributed by atoms with Gasteiger partial charge in [0.2, 0.25) is 0 Å². The van der Waals surface area contributed by atoms with Crippen molar-refractivity contribution in [1.29, 1.82) is 5.26 Å². The number of piperidine rings is 1. The number of nitrogens with zero attached hydrogens (tertiary/aromatic N) is 6. The molecule has 0 amide bonds. The quantitative estimate of drug-likeness (QED) is 0.781. The lowest BCUT2D eigenvalue weighted by atomic mass is 10.0. The zero-order chi connectivity index (χ0) is 18.1. The zero-order valence-corrected chi connectivity index (χ0v) is 14.4. The summed E-state index contributed by atoms with van der Waals surface area (Å²) in [6, 6.07) is 10.5. The molecule has 1 atom stereocenters. The fourth-order valence-electron chi connectivity index (χ4n) is 3.33. The molecule has 3 aromatic rings. The second kappa shape index (κ2) is 6.59. The van der Waals surface area contributed by atoms with E-state index in [-0.39, 0.29) is 11.9 Å². The molecule has 1 saturated heterocycles. The molecule has 1 aliphatic rings. The summed E-state index contributed by atoms with van der Waals surface area (Å²) in [4.78, 5) is 2.01. The minimum atomic E-state index is -0.357. The Bertz CT molecular complexity index is 991. The molecule has 0 saturated carbocycles. The van der Waals surface area contributed by atoms with Crippen molar-refractivity contribution in [2.45, 2.75) is 25.8 Å². The van der Waals surface area contributed by atoms with Gasteiger partial charge in [0.25, 0.3) is 0 Å². The first-order chi connectivity index (χ1) is 12.6. The van der Waals surface area contributed by atoms with Crippen molar-refractivity contribution < 1.29 is 4.39 Å². The van der Waals surface area contributed by atoms with Crippen molar-refractivity contribution in [2.75, 3.05) is 23.3 Å². The maximum atomic E-state index is 14.3. The standard InChI is InChI=1S/C18H18FN7/c1-12-22-23-18-7-6-17(24-26(12)18)21-14-3-2-8-25(11-14)16-5-4-13(10-20)9-15(16)19/h4-7,9,14H,2-3,8,11H2,1H3,(H,21,24). The third-order valence-electron chi connectivity index (χ3n) is 4.61. The van der Waals surface area contributed by atoms with Crippen molar-refractivity contribution in [3.8, 4) is 6.07 Å². The summed E-state index contributed by atoms with van der Waals surface area (Å²) in [5.41, 5.74) is 1.58. The van der Waals surface area contributed by atoms with Crippen LogP contribution in [-0.2, 0) is 0 Å². The summed E-state index contributed by atoms with van der Waals surface area (Å²) in [6.07, 6.45) is 1.93. The normalized spacial score (nSPS) is 17.3. The Kier molecular flexibility index (Phi) is 4.13. The van der Waals surface area contributed by atoms with Crippen LogP contribution in [0.5, 0.6) is 0 Å². The average Bonchev–Trinajstić information content (AvgIpc) is 3.02. The van der Waals surface area contributed by atoms with Gasteiger partial charge in [0.1, 0.15) is 11.6 Å². The van der Waals surface area contributed by atoms with E-state index in [2.05, 4.69) is 20.6 Å². The number of fused-ring (bicyclic) bond motifs is 1. The van der Waals surface area contributed by atoms with Crippen molar-refractivity contribution in [2.24, 2.45) is 0 Å². The van der Waals surface area contributed by atoms with E-state index in [1.807, 2.05) is 30.0 Å². The largest absolute Gasteiger partial charge is 0.367 e. The zero-order valence-electron chi connectivity index (χ0n) is 14.4. The molecule has 1 fully saturated rings. The second-order valence-corrected chi connectivity index (χ2v) is 6.44. The number of nitriles is 1. The highest BCUT2D eigenvalue weighted by molar-refractivity contribution is 5.52. The highest BCUT2D eigenvalue weighted by Crippen LogP contribution is 2.25. The van der Waals surface area contributed by atoms with Crippen molar-refractivity contribution >= 4 is 17.2 Å². The Hall–Kier alpha value is -3.21. The van der Waals surface area contributed by atoms with Gasteiger partial charge in [-0.1, -0.05) is 0 Å². The van der Waals surface area contributed by atoms with E-state index in [0.717, 1.165) is 31.0 Å². The molecule has 1 N–H and O–H groups in total. The topological polar surface area (TPSA) is 82.1 Å². The van der Waals surface area contributed by atoms with Crippen molar-refractivity contribution in [3.05, 3.63) is 47.5 Å². The van der Waals surface area contributed by atoms with Gasteiger partial charge in [-0.15, -0.1) is 15.3 Å². The molecule has 8 heteroatoms. The van der Waals surface area contributed by atoms with E-state index in [0.29, 0.717) is 23.4 Å². The first-order valence-electron chi connectivity index (χ1n) is 8.54. The summed E-state index contributed by atoms with van der Waals surface area (Å²) in [6.45, 7) is 3.31. The molecule has 1 unspecified atom stereocenters. The van der Waals surface area contributed by atoms with E-state index in [1.165, 1.54) is 6.07 Å². The lowest BCUT2D eigenvalue weighted by molar-refractivity contribution is 0.517. The molecule has 0 spiro atoms. The SMILES string of the molecule is Cc1nnc2ccc(NC3CCCN(c4ccc(C#N)cc4F)C3)nn12. The fourth-order valence-corrected chi connectivity index (χ4v) is 3.33. The molecular weight excluding hydrogens is 333 g/mol. The highest BCUT2D eigenvalue weighted by Gasteiger charge is 2.22. The van der Waals surface area contributed by atoms with E-state index < -0.39 is 0 Å². The van der Waals surface area contributed by atoms with Gasteiger partial charge in [0, 0.05) is 19.1 Å². The molecule has 26 heavy (non-hydrogen) atoms. The maximum Gasteiger partial charge on any atom is 0.178 e. The van der Waals surface area contributed by atoms with Gasteiger partial charge in [0.05, 0.1) is 17.3 Å². The minimum Gasteiger partial charge on any atom is -0.367 e. The van der Waals surface area contributed by atoms with Gasteiger partial charge in [-0.3, -0.25) is 0 Å². The van der Waals surface area contributed by atoms with Crippen LogP contribution in [0.25, 0.3) is 5.65 Å². The number of hydrogen-bond donors (Lipinski definition) is 1. The number of aryl methyl sites for hydroxylation is 1. The summed E-state index contributed by atoms with van der Waals surface area (Å²) in [5, 5.41) is 24.9. The third kappa shape index (κ3) is 3.04. The molecule has 1 aliphatic heterocycles. The predicted octanol–water partition coefficient (Wildman–Crippen LogP) is 2.52. The number of hydrogen-bond acceptors (Lipinski definition) is 6. The van der Waals surface area contributed by atoms with Crippen molar-refractivity contribution in [3.63, 3.8) is 0 Å². The molecule has 4 rings (SSSR count). The molecule has 0 bridgehead atoms. The molecule has 7 nitrogen and oxygen atoms in total. The molecule has 132 valence electrons. The van der Waals surface area contributed by atoms with Gasteiger partial charge >= 0.3 is 0 Å². The van der Waals surface area contributed by atoms with Crippen LogP contribution in [0.2, 0.25) is 0 Å². The van der Waals surface area contributed by atoms with Crippen LogP contribution in [0.4, 0.5) is 15.9 Å². The summed E-state index contributed by atoms with van der Waals surface area (Å²) in [5.74, 6) is 1.12. The minimum absolute atomic E-state index is 0.153. The molecule has 0 aliphatic carbocycles. The Morgan fingerprint density at radius 2 is 2.15 bits per heavy atom. The monoisotopic (exact) mass is 351 g/mol. The van der Waals surface area contributed by atoms with Crippen LogP contribution < -0.4 is 10.2 Å². The van der Waals surface area contributed by atoms with Gasteiger partial charge in [-0.05, 0) is 50.1 Å². The van der Waals surface area contributed by atoms with Gasteiger partial charge in [-0.2, -0.15) is 9.78 Å². The predicted molar refractivity (Wildman–Crippen MR) is 95.5 cm³/mol. The lowest BCUT2D eigenvalue weighted by Crippen LogP contribution is -2.42. The lowest BCUT2D eigenvalue weighted by Gasteiger charge is -2.35. The summed E-state index contributed by atoms with van der Waals surface area (Å²) >= 11 is 0. The van der Waals surface area contributed by atoms with Crippen molar-refractivity contribution in [1.82, 2.24) is 19.8 Å². The smallest absolute Gasteiger partial charge is 0.178 e. The van der Waals surface area contributed by atoms with Gasteiger partial charge in [0.15, 0.2) is 11.5 Å². The van der Waals surface area contributed by atoms with Crippen LogP contribution in [-0.4, -0.2) is 38.9 Å².